The molecule has 0 saturated carbocycles. The molecule has 2 rings (SSSR count). The summed E-state index contributed by atoms with van der Waals surface area (Å²) in [6, 6.07) is 0.0264. The molecule has 2 aliphatic rings. The third-order valence-corrected chi connectivity index (χ3v) is 5.43. The molecule has 6 heteroatoms. The fourth-order valence-electron chi connectivity index (χ4n) is 2.79. The lowest BCUT2D eigenvalue weighted by Crippen LogP contribution is -2.44. The first kappa shape index (κ1) is 14.2. The molecular weight excluding hydrogens is 252 g/mol. The summed E-state index contributed by atoms with van der Waals surface area (Å²) in [6.07, 6.45) is 3.82. The fraction of sp³-hybridized carbons (Fsp3) is 1.00. The molecule has 2 fully saturated rings. The summed E-state index contributed by atoms with van der Waals surface area (Å²) >= 11 is 0. The van der Waals surface area contributed by atoms with Gasteiger partial charge in [-0.1, -0.05) is 0 Å². The Bertz CT molecular complexity index is 346. The quantitative estimate of drug-likeness (QED) is 0.766. The van der Waals surface area contributed by atoms with Gasteiger partial charge in [-0.3, -0.25) is 0 Å². The van der Waals surface area contributed by atoms with Crippen LogP contribution >= 0.6 is 0 Å². The molecule has 2 saturated heterocycles. The van der Waals surface area contributed by atoms with Gasteiger partial charge in [0.1, 0.15) is 0 Å². The molecule has 0 aliphatic carbocycles. The Labute approximate surface area is 110 Å². The van der Waals surface area contributed by atoms with Crippen molar-refractivity contribution in [3.8, 4) is 0 Å². The number of piperidine rings is 1. The van der Waals surface area contributed by atoms with E-state index in [2.05, 4.69) is 10.0 Å². The van der Waals surface area contributed by atoms with Gasteiger partial charge in [-0.15, -0.1) is 0 Å². The van der Waals surface area contributed by atoms with Gasteiger partial charge >= 0.3 is 0 Å². The lowest BCUT2D eigenvalue weighted by molar-refractivity contribution is 0.127. The normalized spacial score (nSPS) is 28.4. The van der Waals surface area contributed by atoms with E-state index in [4.69, 9.17) is 4.74 Å². The number of ether oxygens (including phenoxy) is 1. The van der Waals surface area contributed by atoms with Crippen LogP contribution in [0.25, 0.3) is 0 Å². The Morgan fingerprint density at radius 2 is 2.06 bits per heavy atom. The molecule has 0 aromatic rings. The van der Waals surface area contributed by atoms with Crippen molar-refractivity contribution in [2.24, 2.45) is 5.92 Å². The number of sulfonamides is 1. The van der Waals surface area contributed by atoms with Crippen molar-refractivity contribution in [1.82, 2.24) is 10.0 Å². The molecule has 2 atom stereocenters. The van der Waals surface area contributed by atoms with Gasteiger partial charge in [0, 0.05) is 12.6 Å². The molecule has 106 valence electrons. The minimum Gasteiger partial charge on any atom is -0.377 e. The van der Waals surface area contributed by atoms with Crippen LogP contribution in [0.5, 0.6) is 0 Å². The monoisotopic (exact) mass is 276 g/mol. The van der Waals surface area contributed by atoms with E-state index in [1.807, 2.05) is 6.92 Å². The Balaban J connectivity index is 1.82. The van der Waals surface area contributed by atoms with Crippen molar-refractivity contribution in [1.29, 1.82) is 0 Å². The molecule has 0 bridgehead atoms. The molecule has 0 spiro atoms. The minimum absolute atomic E-state index is 0.0264. The molecule has 2 aliphatic heterocycles. The third-order valence-electron chi connectivity index (χ3n) is 3.89. The van der Waals surface area contributed by atoms with E-state index < -0.39 is 10.0 Å². The summed E-state index contributed by atoms with van der Waals surface area (Å²) < 4.78 is 32.3. The highest BCUT2D eigenvalue weighted by molar-refractivity contribution is 7.89. The van der Waals surface area contributed by atoms with Crippen LogP contribution in [-0.4, -0.2) is 46.0 Å². The number of nitrogens with one attached hydrogen (secondary N) is 2. The lowest BCUT2D eigenvalue weighted by Gasteiger charge is -2.28. The summed E-state index contributed by atoms with van der Waals surface area (Å²) in [6.45, 7) is 4.65. The zero-order valence-electron chi connectivity index (χ0n) is 11.0. The highest BCUT2D eigenvalue weighted by Crippen LogP contribution is 2.18. The zero-order valence-corrected chi connectivity index (χ0v) is 11.8. The van der Waals surface area contributed by atoms with Gasteiger partial charge in [-0.05, 0) is 51.6 Å². The average Bonchev–Trinajstić information content (AvgIpc) is 2.81. The Morgan fingerprint density at radius 1 is 1.33 bits per heavy atom. The van der Waals surface area contributed by atoms with Crippen LogP contribution in [0.1, 0.15) is 32.6 Å². The van der Waals surface area contributed by atoms with Crippen molar-refractivity contribution in [3.63, 3.8) is 0 Å². The SMILES string of the molecule is CC(NS(=O)(=O)CC1CCCO1)C1CCNCC1. The van der Waals surface area contributed by atoms with Crippen molar-refractivity contribution < 1.29 is 13.2 Å². The third kappa shape index (κ3) is 4.19. The molecule has 0 aromatic carbocycles. The van der Waals surface area contributed by atoms with Gasteiger partial charge in [0.25, 0.3) is 0 Å². The summed E-state index contributed by atoms with van der Waals surface area (Å²) in [5.74, 6) is 0.563. The predicted molar refractivity (Wildman–Crippen MR) is 71.0 cm³/mol. The molecule has 18 heavy (non-hydrogen) atoms. The van der Waals surface area contributed by atoms with E-state index in [1.165, 1.54) is 0 Å². The highest BCUT2D eigenvalue weighted by atomic mass is 32.2. The maximum atomic E-state index is 12.0. The first-order valence-corrected chi connectivity index (χ1v) is 8.54. The van der Waals surface area contributed by atoms with E-state index in [-0.39, 0.29) is 17.9 Å². The molecule has 2 unspecified atom stereocenters. The van der Waals surface area contributed by atoms with Gasteiger partial charge < -0.3 is 10.1 Å². The van der Waals surface area contributed by atoms with Gasteiger partial charge in [-0.25, -0.2) is 13.1 Å². The standard InChI is InChI=1S/C12H24N2O3S/c1-10(11-4-6-13-7-5-11)14-18(15,16)9-12-3-2-8-17-12/h10-14H,2-9H2,1H3. The van der Waals surface area contributed by atoms with Crippen LogP contribution < -0.4 is 10.0 Å². The van der Waals surface area contributed by atoms with E-state index in [0.29, 0.717) is 12.5 Å². The van der Waals surface area contributed by atoms with Crippen molar-refractivity contribution >= 4 is 10.0 Å². The number of hydrogen-bond donors (Lipinski definition) is 2. The largest absolute Gasteiger partial charge is 0.377 e. The zero-order chi connectivity index (χ0) is 13.0. The first-order chi connectivity index (χ1) is 8.57. The van der Waals surface area contributed by atoms with Crippen LogP contribution in [0.3, 0.4) is 0 Å². The molecule has 2 N–H and O–H groups in total. The van der Waals surface area contributed by atoms with Crippen LogP contribution in [0.4, 0.5) is 0 Å². The second-order valence-corrected chi connectivity index (χ2v) is 7.21. The van der Waals surface area contributed by atoms with Gasteiger partial charge in [0.15, 0.2) is 0 Å². The van der Waals surface area contributed by atoms with Crippen LogP contribution in [0, 0.1) is 5.92 Å². The molecule has 5 nitrogen and oxygen atoms in total. The van der Waals surface area contributed by atoms with Crippen LogP contribution in [0.2, 0.25) is 0 Å². The maximum Gasteiger partial charge on any atom is 0.214 e. The van der Waals surface area contributed by atoms with Crippen molar-refractivity contribution in [2.45, 2.75) is 44.8 Å². The van der Waals surface area contributed by atoms with E-state index >= 15 is 0 Å². The summed E-state index contributed by atoms with van der Waals surface area (Å²) in [7, 11) is -3.21. The summed E-state index contributed by atoms with van der Waals surface area (Å²) in [4.78, 5) is 0. The van der Waals surface area contributed by atoms with E-state index in [9.17, 15) is 8.42 Å². The van der Waals surface area contributed by atoms with Gasteiger partial charge in [0.2, 0.25) is 10.0 Å². The smallest absolute Gasteiger partial charge is 0.214 e. The Kier molecular flexibility index (Phi) is 5.00. The number of hydrogen-bond acceptors (Lipinski definition) is 4. The Morgan fingerprint density at radius 3 is 2.67 bits per heavy atom. The molecule has 0 aromatic heterocycles. The molecule has 0 radical (unpaired) electrons. The molecule has 2 heterocycles. The van der Waals surface area contributed by atoms with E-state index in [0.717, 1.165) is 38.8 Å². The lowest BCUT2D eigenvalue weighted by atomic mass is 9.92. The minimum atomic E-state index is -3.21. The van der Waals surface area contributed by atoms with Gasteiger partial charge in [0.05, 0.1) is 11.9 Å². The van der Waals surface area contributed by atoms with Crippen LogP contribution in [0.15, 0.2) is 0 Å². The second-order valence-electron chi connectivity index (χ2n) is 5.41. The molecule has 0 amide bonds. The average molecular weight is 276 g/mol. The van der Waals surface area contributed by atoms with Gasteiger partial charge in [-0.2, -0.15) is 0 Å². The number of rotatable bonds is 5. The van der Waals surface area contributed by atoms with Crippen LogP contribution in [-0.2, 0) is 14.8 Å². The van der Waals surface area contributed by atoms with E-state index in [1.54, 1.807) is 0 Å². The van der Waals surface area contributed by atoms with Crippen molar-refractivity contribution in [2.75, 3.05) is 25.4 Å². The molecular formula is C12H24N2O3S. The summed E-state index contributed by atoms with van der Waals surface area (Å²) in [5, 5.41) is 3.29. The topological polar surface area (TPSA) is 67.4 Å². The Hall–Kier alpha value is -0.170. The maximum absolute atomic E-state index is 12.0. The second kappa shape index (κ2) is 6.32. The van der Waals surface area contributed by atoms with Crippen molar-refractivity contribution in [3.05, 3.63) is 0 Å². The first-order valence-electron chi connectivity index (χ1n) is 6.89. The highest BCUT2D eigenvalue weighted by Gasteiger charge is 2.27. The predicted octanol–water partition coefficient (Wildman–Crippen LogP) is 0.473. The fourth-order valence-corrected chi connectivity index (χ4v) is 4.40. The summed E-state index contributed by atoms with van der Waals surface area (Å²) in [5.41, 5.74) is 0.